The van der Waals surface area contributed by atoms with Crippen molar-refractivity contribution in [2.75, 3.05) is 7.11 Å². The summed E-state index contributed by atoms with van der Waals surface area (Å²) in [6.45, 7) is 6.07. The van der Waals surface area contributed by atoms with E-state index < -0.39 is 17.7 Å². The van der Waals surface area contributed by atoms with Crippen molar-refractivity contribution >= 4 is 12.1 Å². The molecule has 0 atom stereocenters. The number of carbonyl (C=O) groups is 2. The zero-order chi connectivity index (χ0) is 23.8. The summed E-state index contributed by atoms with van der Waals surface area (Å²) in [4.78, 5) is 24.1. The topological polar surface area (TPSA) is 73.9 Å². The van der Waals surface area contributed by atoms with Gasteiger partial charge in [-0.05, 0) is 61.7 Å². The van der Waals surface area contributed by atoms with Crippen molar-refractivity contribution in [3.63, 3.8) is 0 Å². The molecule has 0 bridgehead atoms. The lowest BCUT2D eigenvalue weighted by atomic mass is 10.0. The van der Waals surface area contributed by atoms with Gasteiger partial charge < -0.3 is 19.5 Å². The fourth-order valence-corrected chi connectivity index (χ4v) is 3.20. The molecule has 0 aliphatic heterocycles. The van der Waals surface area contributed by atoms with Crippen LogP contribution in [0.25, 0.3) is 11.1 Å². The highest BCUT2D eigenvalue weighted by Gasteiger charge is 2.17. The quantitative estimate of drug-likeness (QED) is 0.467. The van der Waals surface area contributed by atoms with Gasteiger partial charge in [0.15, 0.2) is 0 Å². The molecule has 6 heteroatoms. The van der Waals surface area contributed by atoms with Crippen LogP contribution in [0.15, 0.2) is 72.8 Å². The smallest absolute Gasteiger partial charge is 0.407 e. The molecule has 1 amide bonds. The molecule has 1 N–H and O–H groups in total. The Balaban J connectivity index is 1.86. The molecule has 0 heterocycles. The molecule has 0 unspecified atom stereocenters. The number of alkyl carbamates (subject to hydrolysis) is 1. The third kappa shape index (κ3) is 7.10. The molecule has 0 fully saturated rings. The third-order valence-corrected chi connectivity index (χ3v) is 4.74. The Labute approximate surface area is 194 Å². The summed E-state index contributed by atoms with van der Waals surface area (Å²) in [5.74, 6) is 0.259. The molecular formula is C27H29NO5. The minimum absolute atomic E-state index is 0.226. The van der Waals surface area contributed by atoms with Crippen LogP contribution < -0.4 is 10.1 Å². The van der Waals surface area contributed by atoms with Gasteiger partial charge >= 0.3 is 12.1 Å². The first-order valence-electron chi connectivity index (χ1n) is 10.7. The fourth-order valence-electron chi connectivity index (χ4n) is 3.20. The van der Waals surface area contributed by atoms with Gasteiger partial charge in [0.05, 0.1) is 12.7 Å². The van der Waals surface area contributed by atoms with Crippen molar-refractivity contribution in [1.29, 1.82) is 0 Å². The lowest BCUT2D eigenvalue weighted by Crippen LogP contribution is -2.32. The molecule has 33 heavy (non-hydrogen) atoms. The predicted octanol–water partition coefficient (Wildman–Crippen LogP) is 5.74. The molecule has 0 aromatic heterocycles. The van der Waals surface area contributed by atoms with Crippen LogP contribution >= 0.6 is 0 Å². The van der Waals surface area contributed by atoms with Crippen molar-refractivity contribution in [3.8, 4) is 16.9 Å². The van der Waals surface area contributed by atoms with Crippen molar-refractivity contribution in [2.45, 2.75) is 39.5 Å². The van der Waals surface area contributed by atoms with E-state index >= 15 is 0 Å². The summed E-state index contributed by atoms with van der Waals surface area (Å²) >= 11 is 0. The first kappa shape index (κ1) is 23.9. The number of rotatable bonds is 7. The van der Waals surface area contributed by atoms with Crippen LogP contribution in [0.5, 0.6) is 5.75 Å². The van der Waals surface area contributed by atoms with E-state index in [1.165, 1.54) is 7.11 Å². The van der Waals surface area contributed by atoms with Crippen LogP contribution in [0, 0.1) is 0 Å². The van der Waals surface area contributed by atoms with Gasteiger partial charge in [0.25, 0.3) is 0 Å². The predicted molar refractivity (Wildman–Crippen MR) is 127 cm³/mol. The number of ether oxygens (including phenoxy) is 3. The maximum atomic E-state index is 12.2. The van der Waals surface area contributed by atoms with Gasteiger partial charge in [-0.25, -0.2) is 9.59 Å². The molecule has 0 saturated carbocycles. The van der Waals surface area contributed by atoms with Crippen molar-refractivity contribution in [2.24, 2.45) is 0 Å². The average Bonchev–Trinajstić information content (AvgIpc) is 2.80. The second-order valence-corrected chi connectivity index (χ2v) is 8.52. The maximum absolute atomic E-state index is 12.2. The molecule has 3 aromatic carbocycles. The Morgan fingerprint density at radius 2 is 1.61 bits per heavy atom. The van der Waals surface area contributed by atoms with E-state index in [9.17, 15) is 9.59 Å². The van der Waals surface area contributed by atoms with Crippen LogP contribution in [-0.2, 0) is 22.6 Å². The molecule has 0 saturated heterocycles. The first-order chi connectivity index (χ1) is 15.7. The first-order valence-corrected chi connectivity index (χ1v) is 10.7. The van der Waals surface area contributed by atoms with Gasteiger partial charge in [-0.1, -0.05) is 48.5 Å². The number of benzene rings is 3. The van der Waals surface area contributed by atoms with Gasteiger partial charge in [-0.15, -0.1) is 0 Å². The summed E-state index contributed by atoms with van der Waals surface area (Å²) in [7, 11) is 1.36. The van der Waals surface area contributed by atoms with E-state index in [0.29, 0.717) is 17.9 Å². The van der Waals surface area contributed by atoms with Crippen molar-refractivity contribution < 1.29 is 23.8 Å². The molecule has 0 radical (unpaired) electrons. The van der Waals surface area contributed by atoms with Gasteiger partial charge in [0.2, 0.25) is 0 Å². The minimum Gasteiger partial charge on any atom is -0.489 e. The number of amides is 1. The van der Waals surface area contributed by atoms with Crippen LogP contribution in [0.1, 0.15) is 42.3 Å². The average molecular weight is 448 g/mol. The van der Waals surface area contributed by atoms with Gasteiger partial charge in [0, 0.05) is 12.1 Å². The number of esters is 1. The second-order valence-electron chi connectivity index (χ2n) is 8.52. The molecular weight excluding hydrogens is 418 g/mol. The minimum atomic E-state index is -0.590. The van der Waals surface area contributed by atoms with Crippen molar-refractivity contribution in [3.05, 3.63) is 89.5 Å². The molecule has 0 aliphatic rings. The number of hydrogen-bond acceptors (Lipinski definition) is 5. The van der Waals surface area contributed by atoms with E-state index in [0.717, 1.165) is 22.3 Å². The van der Waals surface area contributed by atoms with E-state index in [2.05, 4.69) is 5.32 Å². The SMILES string of the molecule is COC(=O)c1cccc(-c2ccc(OCc3ccccc3)c(CNC(=O)OC(C)(C)C)c2)c1. The van der Waals surface area contributed by atoms with Crippen molar-refractivity contribution in [1.82, 2.24) is 5.32 Å². The van der Waals surface area contributed by atoms with E-state index in [1.807, 2.05) is 75.4 Å². The third-order valence-electron chi connectivity index (χ3n) is 4.74. The highest BCUT2D eigenvalue weighted by atomic mass is 16.6. The van der Waals surface area contributed by atoms with Crippen LogP contribution in [0.4, 0.5) is 4.79 Å². The Morgan fingerprint density at radius 3 is 2.30 bits per heavy atom. The van der Waals surface area contributed by atoms with Gasteiger partial charge in [-0.3, -0.25) is 0 Å². The van der Waals surface area contributed by atoms with Crippen LogP contribution in [0.2, 0.25) is 0 Å². The number of carbonyl (C=O) groups excluding carboxylic acids is 2. The lowest BCUT2D eigenvalue weighted by molar-refractivity contribution is 0.0522. The fraction of sp³-hybridized carbons (Fsp3) is 0.259. The summed E-state index contributed by atoms with van der Waals surface area (Å²) in [5.41, 5.74) is 3.44. The Kier molecular flexibility index (Phi) is 7.72. The largest absolute Gasteiger partial charge is 0.489 e. The highest BCUT2D eigenvalue weighted by Crippen LogP contribution is 2.28. The summed E-state index contributed by atoms with van der Waals surface area (Å²) < 4.78 is 16.2. The summed E-state index contributed by atoms with van der Waals surface area (Å²) in [6, 6.07) is 22.8. The molecule has 0 aliphatic carbocycles. The number of hydrogen-bond donors (Lipinski definition) is 1. The zero-order valence-electron chi connectivity index (χ0n) is 19.4. The standard InChI is InChI=1S/C27H29NO5/c1-27(2,3)33-26(30)28-17-23-16-21(20-11-8-12-22(15-20)25(29)31-4)13-14-24(23)32-18-19-9-6-5-7-10-19/h5-16H,17-18H2,1-4H3,(H,28,30). The highest BCUT2D eigenvalue weighted by molar-refractivity contribution is 5.91. The van der Waals surface area contributed by atoms with E-state index in [1.54, 1.807) is 18.2 Å². The normalized spacial score (nSPS) is 10.9. The molecule has 0 spiro atoms. The van der Waals surface area contributed by atoms with Gasteiger partial charge in [0.1, 0.15) is 18.0 Å². The molecule has 3 aromatic rings. The van der Waals surface area contributed by atoms with Crippen LogP contribution in [0.3, 0.4) is 0 Å². The number of nitrogens with one attached hydrogen (secondary N) is 1. The second kappa shape index (κ2) is 10.7. The van der Waals surface area contributed by atoms with E-state index in [-0.39, 0.29) is 6.54 Å². The summed E-state index contributed by atoms with van der Waals surface area (Å²) in [5, 5.41) is 2.80. The molecule has 3 rings (SSSR count). The Hall–Kier alpha value is -3.80. The van der Waals surface area contributed by atoms with Crippen LogP contribution in [-0.4, -0.2) is 24.8 Å². The monoisotopic (exact) mass is 447 g/mol. The van der Waals surface area contributed by atoms with Gasteiger partial charge in [-0.2, -0.15) is 0 Å². The zero-order valence-corrected chi connectivity index (χ0v) is 19.4. The number of methoxy groups -OCH3 is 1. The summed E-state index contributed by atoms with van der Waals surface area (Å²) in [6.07, 6.45) is -0.505. The van der Waals surface area contributed by atoms with E-state index in [4.69, 9.17) is 14.2 Å². The Bertz CT molecular complexity index is 1100. The molecule has 6 nitrogen and oxygen atoms in total. The Morgan fingerprint density at radius 1 is 0.879 bits per heavy atom. The lowest BCUT2D eigenvalue weighted by Gasteiger charge is -2.20. The molecule has 172 valence electrons. The maximum Gasteiger partial charge on any atom is 0.407 e.